The largest absolute Gasteiger partial charge is 0.467 e. The summed E-state index contributed by atoms with van der Waals surface area (Å²) in [6, 6.07) is 7.80. The minimum Gasteiger partial charge on any atom is -0.467 e. The predicted molar refractivity (Wildman–Crippen MR) is 74.5 cm³/mol. The van der Waals surface area contributed by atoms with Gasteiger partial charge in [0.1, 0.15) is 17.1 Å². The molecule has 0 saturated heterocycles. The first-order valence-electron chi connectivity index (χ1n) is 6.19. The topological polar surface area (TPSA) is 43.9 Å². The Morgan fingerprint density at radius 1 is 1.26 bits per heavy atom. The Morgan fingerprint density at radius 3 is 2.89 bits per heavy atom. The van der Waals surface area contributed by atoms with Gasteiger partial charge in [0, 0.05) is 18.0 Å². The molecule has 3 heterocycles. The van der Waals surface area contributed by atoms with Gasteiger partial charge in [-0.2, -0.15) is 0 Å². The predicted octanol–water partition coefficient (Wildman–Crippen LogP) is 3.16. The van der Waals surface area contributed by atoms with E-state index in [4.69, 9.17) is 16.0 Å². The van der Waals surface area contributed by atoms with Gasteiger partial charge in [0.25, 0.3) is 0 Å². The molecular formula is C14H14ClN3O. The fourth-order valence-electron chi connectivity index (χ4n) is 2.14. The first-order chi connectivity index (χ1) is 9.28. The van der Waals surface area contributed by atoms with Gasteiger partial charge in [-0.3, -0.25) is 0 Å². The van der Waals surface area contributed by atoms with Crippen molar-refractivity contribution in [1.82, 2.24) is 14.5 Å². The van der Waals surface area contributed by atoms with Crippen molar-refractivity contribution in [3.05, 3.63) is 47.8 Å². The van der Waals surface area contributed by atoms with Crippen molar-refractivity contribution in [3.63, 3.8) is 0 Å². The molecule has 0 amide bonds. The SMILES string of the molecule is Cc1ccc2nc(CCCl)n(Cc3ccco3)c2n1. The zero-order chi connectivity index (χ0) is 13.2. The first-order valence-corrected chi connectivity index (χ1v) is 6.72. The highest BCUT2D eigenvalue weighted by atomic mass is 35.5. The average molecular weight is 276 g/mol. The lowest BCUT2D eigenvalue weighted by Gasteiger charge is -2.06. The van der Waals surface area contributed by atoms with Crippen molar-refractivity contribution in [1.29, 1.82) is 0 Å². The van der Waals surface area contributed by atoms with E-state index in [-0.39, 0.29) is 0 Å². The number of fused-ring (bicyclic) bond motifs is 1. The van der Waals surface area contributed by atoms with Crippen molar-refractivity contribution in [2.75, 3.05) is 5.88 Å². The molecule has 0 saturated carbocycles. The molecule has 0 aliphatic heterocycles. The normalized spacial score (nSPS) is 11.3. The van der Waals surface area contributed by atoms with Crippen LogP contribution in [0.15, 0.2) is 34.9 Å². The van der Waals surface area contributed by atoms with Crippen molar-refractivity contribution >= 4 is 22.8 Å². The van der Waals surface area contributed by atoms with Gasteiger partial charge in [0.2, 0.25) is 0 Å². The van der Waals surface area contributed by atoms with Crippen LogP contribution in [-0.4, -0.2) is 20.4 Å². The second-order valence-corrected chi connectivity index (χ2v) is 4.81. The Balaban J connectivity index is 2.12. The number of nitrogens with zero attached hydrogens (tertiary/aromatic N) is 3. The number of aryl methyl sites for hydroxylation is 2. The van der Waals surface area contributed by atoms with Crippen LogP contribution in [0, 0.1) is 6.92 Å². The second-order valence-electron chi connectivity index (χ2n) is 4.43. The molecule has 19 heavy (non-hydrogen) atoms. The highest BCUT2D eigenvalue weighted by Gasteiger charge is 2.13. The Hall–Kier alpha value is -1.81. The summed E-state index contributed by atoms with van der Waals surface area (Å²) in [5.41, 5.74) is 2.76. The van der Waals surface area contributed by atoms with E-state index in [1.165, 1.54) is 0 Å². The summed E-state index contributed by atoms with van der Waals surface area (Å²) in [6.07, 6.45) is 2.39. The van der Waals surface area contributed by atoms with E-state index in [9.17, 15) is 0 Å². The van der Waals surface area contributed by atoms with Gasteiger partial charge >= 0.3 is 0 Å². The maximum absolute atomic E-state index is 5.85. The number of halogens is 1. The minimum absolute atomic E-state index is 0.542. The third-order valence-corrected chi connectivity index (χ3v) is 3.21. The van der Waals surface area contributed by atoms with Crippen LogP contribution in [-0.2, 0) is 13.0 Å². The van der Waals surface area contributed by atoms with E-state index < -0.39 is 0 Å². The zero-order valence-electron chi connectivity index (χ0n) is 10.6. The molecule has 3 aromatic rings. The van der Waals surface area contributed by atoms with Crippen LogP contribution in [0.1, 0.15) is 17.3 Å². The Morgan fingerprint density at radius 2 is 2.16 bits per heavy atom. The Labute approximate surface area is 116 Å². The van der Waals surface area contributed by atoms with Crippen LogP contribution < -0.4 is 0 Å². The summed E-state index contributed by atoms with van der Waals surface area (Å²) in [4.78, 5) is 9.17. The van der Waals surface area contributed by atoms with Gasteiger partial charge in [-0.1, -0.05) is 0 Å². The molecule has 0 aromatic carbocycles. The molecule has 98 valence electrons. The van der Waals surface area contributed by atoms with Crippen LogP contribution in [0.5, 0.6) is 0 Å². The van der Waals surface area contributed by atoms with Gasteiger partial charge in [-0.25, -0.2) is 9.97 Å². The molecule has 5 heteroatoms. The van der Waals surface area contributed by atoms with Gasteiger partial charge < -0.3 is 8.98 Å². The van der Waals surface area contributed by atoms with Crippen LogP contribution >= 0.6 is 11.6 Å². The molecule has 0 aliphatic carbocycles. The van der Waals surface area contributed by atoms with Crippen molar-refractivity contribution in [3.8, 4) is 0 Å². The Bertz CT molecular complexity index is 688. The average Bonchev–Trinajstić information content (AvgIpc) is 3.00. The van der Waals surface area contributed by atoms with Crippen LogP contribution in [0.2, 0.25) is 0 Å². The summed E-state index contributed by atoms with van der Waals surface area (Å²) in [7, 11) is 0. The summed E-state index contributed by atoms with van der Waals surface area (Å²) in [5, 5.41) is 0. The number of pyridine rings is 1. The molecule has 0 bridgehead atoms. The minimum atomic E-state index is 0.542. The van der Waals surface area contributed by atoms with Crippen LogP contribution in [0.25, 0.3) is 11.2 Å². The van der Waals surface area contributed by atoms with E-state index >= 15 is 0 Å². The highest BCUT2D eigenvalue weighted by molar-refractivity contribution is 6.17. The number of hydrogen-bond donors (Lipinski definition) is 0. The number of hydrogen-bond acceptors (Lipinski definition) is 3. The molecule has 4 nitrogen and oxygen atoms in total. The highest BCUT2D eigenvalue weighted by Crippen LogP contribution is 2.18. The number of imidazole rings is 1. The quantitative estimate of drug-likeness (QED) is 0.687. The number of alkyl halides is 1. The summed E-state index contributed by atoms with van der Waals surface area (Å²) >= 11 is 5.85. The fraction of sp³-hybridized carbons (Fsp3) is 0.286. The summed E-state index contributed by atoms with van der Waals surface area (Å²) in [5.74, 6) is 2.37. The van der Waals surface area contributed by atoms with E-state index in [0.29, 0.717) is 12.4 Å². The number of aromatic nitrogens is 3. The smallest absolute Gasteiger partial charge is 0.160 e. The maximum Gasteiger partial charge on any atom is 0.160 e. The first kappa shape index (κ1) is 12.2. The molecule has 0 radical (unpaired) electrons. The van der Waals surface area contributed by atoms with E-state index in [1.807, 2.05) is 31.2 Å². The number of rotatable bonds is 4. The van der Waals surface area contributed by atoms with Gasteiger partial charge in [-0.15, -0.1) is 11.6 Å². The third kappa shape index (κ3) is 2.36. The van der Waals surface area contributed by atoms with Crippen LogP contribution in [0.4, 0.5) is 0 Å². The zero-order valence-corrected chi connectivity index (χ0v) is 11.4. The number of furan rings is 1. The monoisotopic (exact) mass is 275 g/mol. The van der Waals surface area contributed by atoms with Crippen LogP contribution in [0.3, 0.4) is 0 Å². The third-order valence-electron chi connectivity index (χ3n) is 3.02. The molecule has 3 rings (SSSR count). The molecule has 0 unspecified atom stereocenters. The molecule has 3 aromatic heterocycles. The van der Waals surface area contributed by atoms with Gasteiger partial charge in [-0.05, 0) is 31.2 Å². The van der Waals surface area contributed by atoms with Gasteiger partial charge in [0.05, 0.1) is 12.8 Å². The molecule has 0 N–H and O–H groups in total. The lowest BCUT2D eigenvalue weighted by atomic mass is 10.3. The molecule has 0 fully saturated rings. The van der Waals surface area contributed by atoms with E-state index in [2.05, 4.69) is 14.5 Å². The standard InChI is InChI=1S/C14H14ClN3O/c1-10-4-5-12-14(16-10)18(13(17-12)6-7-15)9-11-3-2-8-19-11/h2-5,8H,6-7,9H2,1H3. The second kappa shape index (κ2) is 5.05. The summed E-state index contributed by atoms with van der Waals surface area (Å²) in [6.45, 7) is 2.61. The Kier molecular flexibility index (Phi) is 3.25. The lowest BCUT2D eigenvalue weighted by molar-refractivity contribution is 0.491. The van der Waals surface area contributed by atoms with Gasteiger partial charge in [0.15, 0.2) is 5.65 Å². The molecule has 0 spiro atoms. The molecule has 0 aliphatic rings. The molecule has 0 atom stereocenters. The summed E-state index contributed by atoms with van der Waals surface area (Å²) < 4.78 is 7.48. The van der Waals surface area contributed by atoms with Crippen molar-refractivity contribution in [2.45, 2.75) is 19.9 Å². The van der Waals surface area contributed by atoms with Crippen molar-refractivity contribution < 1.29 is 4.42 Å². The van der Waals surface area contributed by atoms with E-state index in [0.717, 1.165) is 34.9 Å². The maximum atomic E-state index is 5.85. The van der Waals surface area contributed by atoms with Crippen molar-refractivity contribution in [2.24, 2.45) is 0 Å². The lowest BCUT2D eigenvalue weighted by Crippen LogP contribution is -2.06. The van der Waals surface area contributed by atoms with E-state index in [1.54, 1.807) is 6.26 Å². The fourth-order valence-corrected chi connectivity index (χ4v) is 2.31. The molecular weight excluding hydrogens is 262 g/mol.